The van der Waals surface area contributed by atoms with Crippen molar-refractivity contribution >= 4 is 0 Å². The van der Waals surface area contributed by atoms with Crippen LogP contribution < -0.4 is 5.73 Å². The summed E-state index contributed by atoms with van der Waals surface area (Å²) >= 11 is 0. The van der Waals surface area contributed by atoms with E-state index in [0.717, 1.165) is 18.5 Å². The summed E-state index contributed by atoms with van der Waals surface area (Å²) in [5.41, 5.74) is 8.13. The molecule has 0 amide bonds. The summed E-state index contributed by atoms with van der Waals surface area (Å²) in [6.07, 6.45) is 2.17. The van der Waals surface area contributed by atoms with E-state index in [-0.39, 0.29) is 5.54 Å². The van der Waals surface area contributed by atoms with Gasteiger partial charge in [0.15, 0.2) is 0 Å². The van der Waals surface area contributed by atoms with Gasteiger partial charge in [-0.15, -0.1) is 0 Å². The van der Waals surface area contributed by atoms with Gasteiger partial charge >= 0.3 is 0 Å². The lowest BCUT2D eigenvalue weighted by molar-refractivity contribution is 0.653. The molecule has 1 aromatic rings. The Kier molecular flexibility index (Phi) is 1.16. The van der Waals surface area contributed by atoms with Crippen molar-refractivity contribution in [2.75, 3.05) is 0 Å². The Morgan fingerprint density at radius 1 is 1.64 bits per heavy atom. The zero-order valence-electron chi connectivity index (χ0n) is 6.96. The summed E-state index contributed by atoms with van der Waals surface area (Å²) in [5.74, 6) is 0. The molecule has 0 radical (unpaired) electrons. The van der Waals surface area contributed by atoms with Gasteiger partial charge in [-0.05, 0) is 25.8 Å². The maximum atomic E-state index is 5.97. The Morgan fingerprint density at radius 2 is 2.27 bits per heavy atom. The highest BCUT2D eigenvalue weighted by Crippen LogP contribution is 2.41. The molecule has 0 saturated heterocycles. The van der Waals surface area contributed by atoms with Gasteiger partial charge in [0.2, 0.25) is 0 Å². The minimum atomic E-state index is -0.0774. The van der Waals surface area contributed by atoms with Crippen LogP contribution in [-0.4, -0.2) is 9.78 Å². The maximum absolute atomic E-state index is 5.97. The first-order valence-corrected chi connectivity index (χ1v) is 3.92. The summed E-state index contributed by atoms with van der Waals surface area (Å²) in [4.78, 5) is 0. The van der Waals surface area contributed by atoms with Crippen LogP contribution in [0.1, 0.15) is 24.2 Å². The Morgan fingerprint density at radius 3 is 2.64 bits per heavy atom. The zero-order chi connectivity index (χ0) is 8.06. The zero-order valence-corrected chi connectivity index (χ0v) is 6.96. The number of aromatic nitrogens is 2. The van der Waals surface area contributed by atoms with Crippen LogP contribution in [0.25, 0.3) is 0 Å². The van der Waals surface area contributed by atoms with Crippen molar-refractivity contribution in [1.82, 2.24) is 9.78 Å². The first-order chi connectivity index (χ1) is 5.12. The molecule has 0 unspecified atom stereocenters. The molecule has 1 fully saturated rings. The standard InChI is InChI=1S/C8H13N3/c1-6-5-7(10-11(6)2)8(9)3-4-8/h5H,3-4,9H2,1-2H3. The van der Waals surface area contributed by atoms with Crippen molar-refractivity contribution in [1.29, 1.82) is 0 Å². The van der Waals surface area contributed by atoms with E-state index < -0.39 is 0 Å². The molecule has 0 bridgehead atoms. The minimum absolute atomic E-state index is 0.0774. The Hall–Kier alpha value is -0.830. The van der Waals surface area contributed by atoms with Gasteiger partial charge in [-0.1, -0.05) is 0 Å². The normalized spacial score (nSPS) is 20.3. The summed E-state index contributed by atoms with van der Waals surface area (Å²) < 4.78 is 1.88. The van der Waals surface area contributed by atoms with E-state index in [1.54, 1.807) is 0 Å². The summed E-state index contributed by atoms with van der Waals surface area (Å²) in [5, 5.41) is 4.34. The highest BCUT2D eigenvalue weighted by molar-refractivity contribution is 5.23. The van der Waals surface area contributed by atoms with Gasteiger partial charge in [-0.3, -0.25) is 4.68 Å². The fourth-order valence-electron chi connectivity index (χ4n) is 1.19. The van der Waals surface area contributed by atoms with Crippen LogP contribution in [0.3, 0.4) is 0 Å². The van der Waals surface area contributed by atoms with Crippen molar-refractivity contribution in [2.45, 2.75) is 25.3 Å². The first kappa shape index (κ1) is 6.85. The fourth-order valence-corrected chi connectivity index (χ4v) is 1.19. The number of nitrogens with two attached hydrogens (primary N) is 1. The summed E-state index contributed by atoms with van der Waals surface area (Å²) in [7, 11) is 1.95. The van der Waals surface area contributed by atoms with Crippen molar-refractivity contribution in [3.63, 3.8) is 0 Å². The molecule has 3 heteroatoms. The lowest BCUT2D eigenvalue weighted by Crippen LogP contribution is -2.19. The summed E-state index contributed by atoms with van der Waals surface area (Å²) in [6.45, 7) is 2.04. The number of rotatable bonds is 1. The smallest absolute Gasteiger partial charge is 0.0825 e. The SMILES string of the molecule is Cc1cc(C2(N)CC2)nn1C. The second-order valence-corrected chi connectivity index (χ2v) is 3.45. The molecule has 1 aliphatic carbocycles. The van der Waals surface area contributed by atoms with E-state index in [1.165, 1.54) is 5.69 Å². The quantitative estimate of drug-likeness (QED) is 0.641. The predicted molar refractivity (Wildman–Crippen MR) is 43.0 cm³/mol. The molecule has 3 nitrogen and oxygen atoms in total. The van der Waals surface area contributed by atoms with Gasteiger partial charge in [0, 0.05) is 12.7 Å². The molecule has 2 N–H and O–H groups in total. The monoisotopic (exact) mass is 151 g/mol. The van der Waals surface area contributed by atoms with Gasteiger partial charge in [0.1, 0.15) is 0 Å². The van der Waals surface area contributed by atoms with E-state index in [0.29, 0.717) is 0 Å². The van der Waals surface area contributed by atoms with E-state index >= 15 is 0 Å². The molecular weight excluding hydrogens is 138 g/mol. The largest absolute Gasteiger partial charge is 0.320 e. The third-order valence-corrected chi connectivity index (χ3v) is 2.41. The lowest BCUT2D eigenvalue weighted by atomic mass is 10.2. The highest BCUT2D eigenvalue weighted by atomic mass is 15.3. The van der Waals surface area contributed by atoms with E-state index in [2.05, 4.69) is 11.2 Å². The summed E-state index contributed by atoms with van der Waals surface area (Å²) in [6, 6.07) is 2.08. The van der Waals surface area contributed by atoms with Crippen LogP contribution in [-0.2, 0) is 12.6 Å². The topological polar surface area (TPSA) is 43.8 Å². The van der Waals surface area contributed by atoms with Crippen LogP contribution in [0.5, 0.6) is 0 Å². The second kappa shape index (κ2) is 1.85. The third kappa shape index (κ3) is 0.959. The molecule has 0 atom stereocenters. The molecule has 1 heterocycles. The Labute approximate surface area is 66.2 Å². The van der Waals surface area contributed by atoms with Gasteiger partial charge in [0.25, 0.3) is 0 Å². The van der Waals surface area contributed by atoms with Crippen LogP contribution in [0, 0.1) is 6.92 Å². The Balaban J connectivity index is 2.39. The minimum Gasteiger partial charge on any atom is -0.320 e. The molecule has 11 heavy (non-hydrogen) atoms. The average molecular weight is 151 g/mol. The second-order valence-electron chi connectivity index (χ2n) is 3.45. The molecule has 60 valence electrons. The van der Waals surface area contributed by atoms with Crippen molar-refractivity contribution in [2.24, 2.45) is 12.8 Å². The molecular formula is C8H13N3. The highest BCUT2D eigenvalue weighted by Gasteiger charge is 2.42. The predicted octanol–water partition coefficient (Wildman–Crippen LogP) is 0.676. The van der Waals surface area contributed by atoms with E-state index in [9.17, 15) is 0 Å². The maximum Gasteiger partial charge on any atom is 0.0825 e. The molecule has 2 rings (SSSR count). The van der Waals surface area contributed by atoms with Gasteiger partial charge in [-0.25, -0.2) is 0 Å². The molecule has 0 spiro atoms. The first-order valence-electron chi connectivity index (χ1n) is 3.92. The van der Waals surface area contributed by atoms with Crippen molar-refractivity contribution in [3.05, 3.63) is 17.5 Å². The molecule has 1 saturated carbocycles. The molecule has 0 aromatic carbocycles. The Bertz CT molecular complexity index is 264. The number of nitrogens with zero attached hydrogens (tertiary/aromatic N) is 2. The fraction of sp³-hybridized carbons (Fsp3) is 0.625. The number of hydrogen-bond acceptors (Lipinski definition) is 2. The van der Waals surface area contributed by atoms with Gasteiger partial charge < -0.3 is 5.73 Å². The van der Waals surface area contributed by atoms with Crippen LogP contribution >= 0.6 is 0 Å². The van der Waals surface area contributed by atoms with Crippen molar-refractivity contribution in [3.8, 4) is 0 Å². The van der Waals surface area contributed by atoms with Crippen molar-refractivity contribution < 1.29 is 0 Å². The van der Waals surface area contributed by atoms with E-state index in [1.807, 2.05) is 18.7 Å². The van der Waals surface area contributed by atoms with Crippen LogP contribution in [0.2, 0.25) is 0 Å². The number of hydrogen-bond donors (Lipinski definition) is 1. The number of aryl methyl sites for hydroxylation is 2. The molecule has 1 aromatic heterocycles. The molecule has 0 aliphatic heterocycles. The third-order valence-electron chi connectivity index (χ3n) is 2.41. The van der Waals surface area contributed by atoms with E-state index in [4.69, 9.17) is 5.73 Å². The van der Waals surface area contributed by atoms with Crippen LogP contribution in [0.15, 0.2) is 6.07 Å². The van der Waals surface area contributed by atoms with Crippen LogP contribution in [0.4, 0.5) is 0 Å². The average Bonchev–Trinajstić information content (AvgIpc) is 2.59. The lowest BCUT2D eigenvalue weighted by Gasteiger charge is -2.01. The molecule has 1 aliphatic rings. The van der Waals surface area contributed by atoms with Gasteiger partial charge in [-0.2, -0.15) is 5.10 Å². The van der Waals surface area contributed by atoms with Gasteiger partial charge in [0.05, 0.1) is 11.2 Å².